The highest BCUT2D eigenvalue weighted by molar-refractivity contribution is 5.68. The zero-order chi connectivity index (χ0) is 17.5. The molecule has 0 aliphatic carbocycles. The maximum absolute atomic E-state index is 12.2. The summed E-state index contributed by atoms with van der Waals surface area (Å²) in [6.07, 6.45) is 2.55. The molecule has 2 N–H and O–H groups in total. The van der Waals surface area contributed by atoms with Gasteiger partial charge in [0, 0.05) is 38.1 Å². The standard InChI is InChI=1S/C17H29N3O3/c1-13(21)12-20(16(22)23-17(3,4)5)10-9-19-14(2)15-7-6-8-18-11-15/h6-8,11,13-14,19,21H,9-10,12H2,1-5H3. The highest BCUT2D eigenvalue weighted by Crippen LogP contribution is 2.11. The Labute approximate surface area is 138 Å². The van der Waals surface area contributed by atoms with Crippen LogP contribution in [0.2, 0.25) is 0 Å². The third kappa shape index (κ3) is 7.95. The van der Waals surface area contributed by atoms with E-state index in [1.165, 1.54) is 4.90 Å². The van der Waals surface area contributed by atoms with Gasteiger partial charge in [-0.1, -0.05) is 6.07 Å². The molecule has 2 atom stereocenters. The number of hydrogen-bond acceptors (Lipinski definition) is 5. The molecule has 0 aromatic carbocycles. The Kier molecular flexibility index (Phi) is 7.45. The van der Waals surface area contributed by atoms with Crippen molar-refractivity contribution in [2.24, 2.45) is 0 Å². The minimum absolute atomic E-state index is 0.135. The number of aromatic nitrogens is 1. The van der Waals surface area contributed by atoms with Crippen LogP contribution in [0.1, 0.15) is 46.2 Å². The molecule has 0 fully saturated rings. The van der Waals surface area contributed by atoms with Crippen LogP contribution in [0.25, 0.3) is 0 Å². The van der Waals surface area contributed by atoms with E-state index in [0.717, 1.165) is 5.56 Å². The zero-order valence-electron chi connectivity index (χ0n) is 14.7. The predicted octanol–water partition coefficient (Wildman–Crippen LogP) is 2.35. The van der Waals surface area contributed by atoms with Gasteiger partial charge < -0.3 is 20.1 Å². The topological polar surface area (TPSA) is 74.7 Å². The van der Waals surface area contributed by atoms with Gasteiger partial charge in [-0.05, 0) is 46.2 Å². The number of ether oxygens (including phenoxy) is 1. The normalized spacial score (nSPS) is 14.2. The molecule has 1 aromatic heterocycles. The summed E-state index contributed by atoms with van der Waals surface area (Å²) in [7, 11) is 0. The number of amides is 1. The number of aliphatic hydroxyl groups excluding tert-OH is 1. The average molecular weight is 323 g/mol. The molecule has 23 heavy (non-hydrogen) atoms. The van der Waals surface area contributed by atoms with E-state index < -0.39 is 17.8 Å². The van der Waals surface area contributed by atoms with Crippen LogP contribution >= 0.6 is 0 Å². The zero-order valence-corrected chi connectivity index (χ0v) is 14.7. The fraction of sp³-hybridized carbons (Fsp3) is 0.647. The Hall–Kier alpha value is -1.66. The number of nitrogens with one attached hydrogen (secondary N) is 1. The smallest absolute Gasteiger partial charge is 0.410 e. The first-order valence-corrected chi connectivity index (χ1v) is 7.98. The van der Waals surface area contributed by atoms with Gasteiger partial charge in [-0.25, -0.2) is 4.79 Å². The van der Waals surface area contributed by atoms with Gasteiger partial charge in [0.15, 0.2) is 0 Å². The monoisotopic (exact) mass is 323 g/mol. The summed E-state index contributed by atoms with van der Waals surface area (Å²) in [6.45, 7) is 10.5. The van der Waals surface area contributed by atoms with E-state index in [2.05, 4.69) is 10.3 Å². The number of nitrogens with zero attached hydrogens (tertiary/aromatic N) is 2. The molecule has 1 amide bonds. The number of aliphatic hydroxyl groups is 1. The SMILES string of the molecule is CC(O)CN(CCNC(C)c1cccnc1)C(=O)OC(C)(C)C. The van der Waals surface area contributed by atoms with Gasteiger partial charge in [-0.2, -0.15) is 0 Å². The quantitative estimate of drug-likeness (QED) is 0.805. The second-order valence-corrected chi connectivity index (χ2v) is 6.74. The van der Waals surface area contributed by atoms with Gasteiger partial charge in [0.2, 0.25) is 0 Å². The molecule has 2 unspecified atom stereocenters. The Morgan fingerprint density at radius 2 is 2.13 bits per heavy atom. The number of rotatable bonds is 7. The van der Waals surface area contributed by atoms with Gasteiger partial charge in [0.25, 0.3) is 0 Å². The maximum atomic E-state index is 12.2. The van der Waals surface area contributed by atoms with Crippen molar-refractivity contribution in [1.82, 2.24) is 15.2 Å². The molecule has 0 saturated heterocycles. The molecule has 1 rings (SSSR count). The van der Waals surface area contributed by atoms with Crippen molar-refractivity contribution in [3.05, 3.63) is 30.1 Å². The van der Waals surface area contributed by atoms with Gasteiger partial charge in [-0.15, -0.1) is 0 Å². The van der Waals surface area contributed by atoms with E-state index in [1.54, 1.807) is 13.1 Å². The summed E-state index contributed by atoms with van der Waals surface area (Å²) in [5.74, 6) is 0. The van der Waals surface area contributed by atoms with E-state index in [0.29, 0.717) is 13.1 Å². The summed E-state index contributed by atoms with van der Waals surface area (Å²) in [4.78, 5) is 17.8. The van der Waals surface area contributed by atoms with Crippen molar-refractivity contribution >= 4 is 6.09 Å². The highest BCUT2D eigenvalue weighted by atomic mass is 16.6. The first kappa shape index (κ1) is 19.4. The number of carbonyl (C=O) groups is 1. The molecule has 0 bridgehead atoms. The first-order valence-electron chi connectivity index (χ1n) is 7.98. The lowest BCUT2D eigenvalue weighted by Crippen LogP contribution is -2.43. The molecule has 0 radical (unpaired) electrons. The van der Waals surface area contributed by atoms with E-state index in [1.807, 2.05) is 46.0 Å². The second kappa shape index (κ2) is 8.84. The molecule has 1 heterocycles. The number of pyridine rings is 1. The molecular formula is C17H29N3O3. The van der Waals surface area contributed by atoms with Gasteiger partial charge in [0.05, 0.1) is 6.10 Å². The minimum Gasteiger partial charge on any atom is -0.444 e. The van der Waals surface area contributed by atoms with Crippen molar-refractivity contribution < 1.29 is 14.6 Å². The van der Waals surface area contributed by atoms with E-state index in [9.17, 15) is 9.90 Å². The summed E-state index contributed by atoms with van der Waals surface area (Å²) < 4.78 is 5.38. The Morgan fingerprint density at radius 3 is 2.65 bits per heavy atom. The largest absolute Gasteiger partial charge is 0.444 e. The fourth-order valence-electron chi connectivity index (χ4n) is 2.07. The summed E-state index contributed by atoms with van der Waals surface area (Å²) in [5, 5.41) is 12.9. The third-order valence-corrected chi connectivity index (χ3v) is 3.15. The lowest BCUT2D eigenvalue weighted by atomic mass is 10.1. The van der Waals surface area contributed by atoms with Crippen LogP contribution in [-0.2, 0) is 4.74 Å². The molecule has 1 aromatic rings. The molecule has 0 aliphatic heterocycles. The molecular weight excluding hydrogens is 294 g/mol. The molecule has 0 aliphatic rings. The molecule has 0 spiro atoms. The molecule has 6 heteroatoms. The van der Waals surface area contributed by atoms with Crippen LogP contribution in [0.5, 0.6) is 0 Å². The molecule has 0 saturated carbocycles. The fourth-order valence-corrected chi connectivity index (χ4v) is 2.07. The van der Waals surface area contributed by atoms with E-state index >= 15 is 0 Å². The summed E-state index contributed by atoms with van der Waals surface area (Å²) in [5.41, 5.74) is 0.539. The van der Waals surface area contributed by atoms with Crippen LogP contribution in [0, 0.1) is 0 Å². The first-order chi connectivity index (χ1) is 10.7. The van der Waals surface area contributed by atoms with Crippen LogP contribution in [0.15, 0.2) is 24.5 Å². The van der Waals surface area contributed by atoms with Crippen molar-refractivity contribution in [3.63, 3.8) is 0 Å². The van der Waals surface area contributed by atoms with Gasteiger partial charge in [-0.3, -0.25) is 4.98 Å². The minimum atomic E-state index is -0.599. The van der Waals surface area contributed by atoms with Crippen molar-refractivity contribution in [2.45, 2.75) is 52.4 Å². The Morgan fingerprint density at radius 1 is 1.43 bits per heavy atom. The molecule has 6 nitrogen and oxygen atoms in total. The summed E-state index contributed by atoms with van der Waals surface area (Å²) >= 11 is 0. The lowest BCUT2D eigenvalue weighted by Gasteiger charge is -2.28. The summed E-state index contributed by atoms with van der Waals surface area (Å²) in [6, 6.07) is 4.04. The average Bonchev–Trinajstić information content (AvgIpc) is 2.44. The van der Waals surface area contributed by atoms with E-state index in [-0.39, 0.29) is 12.6 Å². The van der Waals surface area contributed by atoms with Crippen LogP contribution in [0.3, 0.4) is 0 Å². The predicted molar refractivity (Wildman–Crippen MR) is 90.1 cm³/mol. The van der Waals surface area contributed by atoms with Crippen molar-refractivity contribution in [2.75, 3.05) is 19.6 Å². The van der Waals surface area contributed by atoms with Crippen molar-refractivity contribution in [3.8, 4) is 0 Å². The second-order valence-electron chi connectivity index (χ2n) is 6.74. The third-order valence-electron chi connectivity index (χ3n) is 3.15. The van der Waals surface area contributed by atoms with Crippen LogP contribution in [-0.4, -0.2) is 52.4 Å². The molecule has 130 valence electrons. The maximum Gasteiger partial charge on any atom is 0.410 e. The van der Waals surface area contributed by atoms with Gasteiger partial charge in [0.1, 0.15) is 5.60 Å². The van der Waals surface area contributed by atoms with Crippen LogP contribution < -0.4 is 5.32 Å². The Balaban J connectivity index is 2.52. The Bertz CT molecular complexity index is 472. The number of hydrogen-bond donors (Lipinski definition) is 2. The van der Waals surface area contributed by atoms with Crippen molar-refractivity contribution in [1.29, 1.82) is 0 Å². The highest BCUT2D eigenvalue weighted by Gasteiger charge is 2.23. The lowest BCUT2D eigenvalue weighted by molar-refractivity contribution is 0.0163. The van der Waals surface area contributed by atoms with E-state index in [4.69, 9.17) is 4.74 Å². The van der Waals surface area contributed by atoms with Crippen LogP contribution in [0.4, 0.5) is 4.79 Å². The number of carbonyl (C=O) groups excluding carboxylic acids is 1. The van der Waals surface area contributed by atoms with Gasteiger partial charge >= 0.3 is 6.09 Å².